The summed E-state index contributed by atoms with van der Waals surface area (Å²) >= 11 is 5.81. The van der Waals surface area contributed by atoms with E-state index in [1.165, 1.54) is 25.3 Å². The fraction of sp³-hybridized carbons (Fsp3) is 0.133. The third-order valence-electron chi connectivity index (χ3n) is 2.74. The first-order chi connectivity index (χ1) is 9.63. The van der Waals surface area contributed by atoms with E-state index >= 15 is 0 Å². The molecular formula is C15H12ClFO3. The minimum Gasteiger partial charge on any atom is -0.497 e. The minimum atomic E-state index is -0.412. The smallest absolute Gasteiger partial charge is 0.153 e. The van der Waals surface area contributed by atoms with Crippen LogP contribution in [-0.2, 0) is 6.61 Å². The van der Waals surface area contributed by atoms with E-state index in [0.717, 1.165) is 0 Å². The Balaban J connectivity index is 2.21. The molecule has 0 bridgehead atoms. The van der Waals surface area contributed by atoms with E-state index in [-0.39, 0.29) is 6.61 Å². The van der Waals surface area contributed by atoms with Gasteiger partial charge in [-0.15, -0.1) is 0 Å². The lowest BCUT2D eigenvalue weighted by Crippen LogP contribution is -2.01. The molecule has 0 amide bonds. The topological polar surface area (TPSA) is 35.5 Å². The molecule has 0 spiro atoms. The Morgan fingerprint density at radius 1 is 1.25 bits per heavy atom. The average Bonchev–Trinajstić information content (AvgIpc) is 2.47. The summed E-state index contributed by atoms with van der Waals surface area (Å²) in [6, 6.07) is 9.02. The van der Waals surface area contributed by atoms with Gasteiger partial charge in [-0.25, -0.2) is 4.39 Å². The summed E-state index contributed by atoms with van der Waals surface area (Å²) in [5, 5.41) is 0.422. The molecule has 2 aromatic carbocycles. The molecule has 0 fully saturated rings. The molecule has 2 aromatic rings. The molecule has 3 nitrogen and oxygen atoms in total. The van der Waals surface area contributed by atoms with Gasteiger partial charge in [0.25, 0.3) is 0 Å². The van der Waals surface area contributed by atoms with Gasteiger partial charge in [0.1, 0.15) is 23.9 Å². The van der Waals surface area contributed by atoms with Gasteiger partial charge in [0.15, 0.2) is 6.29 Å². The second-order valence-corrected chi connectivity index (χ2v) is 4.48. The maximum atomic E-state index is 13.6. The summed E-state index contributed by atoms with van der Waals surface area (Å²) < 4.78 is 24.1. The third kappa shape index (κ3) is 3.27. The first kappa shape index (κ1) is 14.3. The number of aldehydes is 1. The monoisotopic (exact) mass is 294 g/mol. The molecule has 2 rings (SSSR count). The molecule has 104 valence electrons. The number of hydrogen-bond acceptors (Lipinski definition) is 3. The molecule has 0 radical (unpaired) electrons. The van der Waals surface area contributed by atoms with Crippen molar-refractivity contribution in [3.05, 3.63) is 58.4 Å². The van der Waals surface area contributed by atoms with Gasteiger partial charge >= 0.3 is 0 Å². The van der Waals surface area contributed by atoms with Crippen molar-refractivity contribution in [1.82, 2.24) is 0 Å². The second-order valence-electron chi connectivity index (χ2n) is 4.05. The zero-order valence-corrected chi connectivity index (χ0v) is 11.5. The highest BCUT2D eigenvalue weighted by atomic mass is 35.5. The number of methoxy groups -OCH3 is 1. The van der Waals surface area contributed by atoms with Gasteiger partial charge in [-0.1, -0.05) is 11.6 Å². The van der Waals surface area contributed by atoms with Crippen LogP contribution in [0.3, 0.4) is 0 Å². The average molecular weight is 295 g/mol. The maximum Gasteiger partial charge on any atom is 0.153 e. The van der Waals surface area contributed by atoms with Crippen LogP contribution in [0.1, 0.15) is 15.9 Å². The lowest BCUT2D eigenvalue weighted by Gasteiger charge is -2.11. The number of carbonyl (C=O) groups excluding carboxylic acids is 1. The summed E-state index contributed by atoms with van der Waals surface area (Å²) in [6.45, 7) is -0.0274. The lowest BCUT2D eigenvalue weighted by molar-refractivity contribution is 0.111. The second kappa shape index (κ2) is 6.39. The zero-order chi connectivity index (χ0) is 14.5. The molecule has 5 heteroatoms. The van der Waals surface area contributed by atoms with Crippen molar-refractivity contribution in [3.63, 3.8) is 0 Å². The van der Waals surface area contributed by atoms with Crippen molar-refractivity contribution < 1.29 is 18.7 Å². The van der Waals surface area contributed by atoms with Gasteiger partial charge in [-0.2, -0.15) is 0 Å². The van der Waals surface area contributed by atoms with Crippen molar-refractivity contribution in [1.29, 1.82) is 0 Å². The molecule has 0 unspecified atom stereocenters. The quantitative estimate of drug-likeness (QED) is 0.785. The Morgan fingerprint density at radius 2 is 2.05 bits per heavy atom. The first-order valence-corrected chi connectivity index (χ1v) is 6.22. The number of benzene rings is 2. The van der Waals surface area contributed by atoms with Crippen LogP contribution in [0.25, 0.3) is 0 Å². The zero-order valence-electron chi connectivity index (χ0n) is 10.7. The molecule has 0 aliphatic heterocycles. The molecule has 0 saturated carbocycles. The van der Waals surface area contributed by atoms with Gasteiger partial charge in [0.2, 0.25) is 0 Å². The summed E-state index contributed by atoms with van der Waals surface area (Å²) in [5.41, 5.74) is 0.686. The van der Waals surface area contributed by atoms with Crippen LogP contribution in [-0.4, -0.2) is 13.4 Å². The van der Waals surface area contributed by atoms with Gasteiger partial charge in [-0.05, 0) is 30.3 Å². The Hall–Kier alpha value is -2.07. The van der Waals surface area contributed by atoms with E-state index in [9.17, 15) is 9.18 Å². The maximum absolute atomic E-state index is 13.6. The predicted octanol–water partition coefficient (Wildman–Crippen LogP) is 3.88. The van der Waals surface area contributed by atoms with Gasteiger partial charge in [0.05, 0.1) is 12.7 Å². The lowest BCUT2D eigenvalue weighted by atomic mass is 10.2. The number of carbonyl (C=O) groups is 1. The molecule has 0 saturated heterocycles. The molecule has 20 heavy (non-hydrogen) atoms. The van der Waals surface area contributed by atoms with E-state index in [1.54, 1.807) is 18.2 Å². The molecule has 0 N–H and O–H groups in total. The van der Waals surface area contributed by atoms with Gasteiger partial charge in [0, 0.05) is 16.7 Å². The van der Waals surface area contributed by atoms with Crippen LogP contribution >= 0.6 is 11.6 Å². The molecule has 0 heterocycles. The van der Waals surface area contributed by atoms with Crippen molar-refractivity contribution in [3.8, 4) is 11.5 Å². The Kier molecular flexibility index (Phi) is 4.58. The predicted molar refractivity (Wildman–Crippen MR) is 74.1 cm³/mol. The number of ether oxygens (including phenoxy) is 2. The van der Waals surface area contributed by atoms with Crippen molar-refractivity contribution in [2.45, 2.75) is 6.61 Å². The summed E-state index contributed by atoms with van der Waals surface area (Å²) in [4.78, 5) is 10.9. The van der Waals surface area contributed by atoms with Gasteiger partial charge in [-0.3, -0.25) is 4.79 Å². The molecule has 0 aliphatic carbocycles. The minimum absolute atomic E-state index is 0.0274. The molecular weight excluding hydrogens is 283 g/mol. The van der Waals surface area contributed by atoms with Crippen LogP contribution in [0.2, 0.25) is 5.02 Å². The molecule has 0 aromatic heterocycles. The number of hydrogen-bond donors (Lipinski definition) is 0. The van der Waals surface area contributed by atoms with E-state index < -0.39 is 5.82 Å². The van der Waals surface area contributed by atoms with E-state index in [4.69, 9.17) is 21.1 Å². The first-order valence-electron chi connectivity index (χ1n) is 5.84. The summed E-state index contributed by atoms with van der Waals surface area (Å²) in [6.07, 6.45) is 0.670. The van der Waals surface area contributed by atoms with Crippen molar-refractivity contribution >= 4 is 17.9 Å². The highest BCUT2D eigenvalue weighted by Gasteiger charge is 2.08. The Labute approximate surface area is 120 Å². The fourth-order valence-corrected chi connectivity index (χ4v) is 1.87. The van der Waals surface area contributed by atoms with Crippen LogP contribution < -0.4 is 9.47 Å². The number of rotatable bonds is 5. The van der Waals surface area contributed by atoms with E-state index in [1.807, 2.05) is 0 Å². The standard InChI is InChI=1S/C15H12ClFO3/c1-19-13-4-2-10(8-18)15(7-13)20-9-11-6-12(16)3-5-14(11)17/h2-8H,9H2,1H3. The summed E-state index contributed by atoms with van der Waals surface area (Å²) in [5.74, 6) is 0.473. The highest BCUT2D eigenvalue weighted by molar-refractivity contribution is 6.30. The fourth-order valence-electron chi connectivity index (χ4n) is 1.67. The largest absolute Gasteiger partial charge is 0.497 e. The van der Waals surface area contributed by atoms with Crippen LogP contribution in [0.5, 0.6) is 11.5 Å². The van der Waals surface area contributed by atoms with Crippen molar-refractivity contribution in [2.24, 2.45) is 0 Å². The Bertz CT molecular complexity index is 629. The summed E-state index contributed by atoms with van der Waals surface area (Å²) in [7, 11) is 1.51. The SMILES string of the molecule is COc1ccc(C=O)c(OCc2cc(Cl)ccc2F)c1. The highest BCUT2D eigenvalue weighted by Crippen LogP contribution is 2.25. The Morgan fingerprint density at radius 3 is 2.75 bits per heavy atom. The third-order valence-corrected chi connectivity index (χ3v) is 2.97. The van der Waals surface area contributed by atoms with E-state index in [2.05, 4.69) is 0 Å². The number of halogens is 2. The van der Waals surface area contributed by atoms with Crippen molar-refractivity contribution in [2.75, 3.05) is 7.11 Å². The van der Waals surface area contributed by atoms with E-state index in [0.29, 0.717) is 33.9 Å². The van der Waals surface area contributed by atoms with Gasteiger partial charge < -0.3 is 9.47 Å². The molecule has 0 atom stereocenters. The van der Waals surface area contributed by atoms with Crippen LogP contribution in [0.4, 0.5) is 4.39 Å². The van der Waals surface area contributed by atoms with Crippen LogP contribution in [0.15, 0.2) is 36.4 Å². The van der Waals surface area contributed by atoms with Crippen LogP contribution in [0, 0.1) is 5.82 Å². The molecule has 0 aliphatic rings. The normalized spacial score (nSPS) is 10.2.